The zero-order valence-corrected chi connectivity index (χ0v) is 11.3. The minimum Gasteiger partial charge on any atom is -0.224 e. The molecule has 0 saturated heterocycles. The van der Waals surface area contributed by atoms with Crippen molar-refractivity contribution in [3.05, 3.63) is 29.8 Å². The van der Waals surface area contributed by atoms with Crippen LogP contribution in [0.3, 0.4) is 0 Å². The summed E-state index contributed by atoms with van der Waals surface area (Å²) in [4.78, 5) is 0.422. The van der Waals surface area contributed by atoms with Crippen LogP contribution in [-0.4, -0.2) is 14.7 Å². The van der Waals surface area contributed by atoms with Gasteiger partial charge in [-0.1, -0.05) is 31.9 Å². The summed E-state index contributed by atoms with van der Waals surface area (Å²) in [6.07, 6.45) is 6.31. The van der Waals surface area contributed by atoms with Crippen LogP contribution in [0.4, 0.5) is 0 Å². The molecule has 2 nitrogen and oxygen atoms in total. The third kappa shape index (κ3) is 3.09. The minimum absolute atomic E-state index is 0.422. The standard InChI is InChI=1S/C14H20O2S/c1-11-3-5-12(6-4-11)13-7-9-14(10-8-13)17(2,15)16/h7-12H,3-6H2,1-2H3. The van der Waals surface area contributed by atoms with Crippen LogP contribution in [0.5, 0.6) is 0 Å². The average molecular weight is 252 g/mol. The van der Waals surface area contributed by atoms with E-state index in [0.29, 0.717) is 10.8 Å². The maximum absolute atomic E-state index is 11.4. The van der Waals surface area contributed by atoms with Crippen molar-refractivity contribution in [3.8, 4) is 0 Å². The fraction of sp³-hybridized carbons (Fsp3) is 0.571. The monoisotopic (exact) mass is 252 g/mol. The van der Waals surface area contributed by atoms with Gasteiger partial charge in [-0.05, 0) is 42.4 Å². The summed E-state index contributed by atoms with van der Waals surface area (Å²) in [5.41, 5.74) is 1.30. The first-order chi connectivity index (χ1) is 7.97. The molecule has 1 aromatic rings. The summed E-state index contributed by atoms with van der Waals surface area (Å²) in [6, 6.07) is 7.44. The molecular weight excluding hydrogens is 232 g/mol. The Balaban J connectivity index is 2.13. The summed E-state index contributed by atoms with van der Waals surface area (Å²) >= 11 is 0. The topological polar surface area (TPSA) is 34.1 Å². The molecule has 0 spiro atoms. The molecule has 1 aliphatic rings. The Hall–Kier alpha value is -0.830. The van der Waals surface area contributed by atoms with E-state index in [-0.39, 0.29) is 0 Å². The number of hydrogen-bond acceptors (Lipinski definition) is 2. The predicted octanol–water partition coefficient (Wildman–Crippen LogP) is 3.38. The minimum atomic E-state index is -3.06. The second-order valence-corrected chi connectivity index (χ2v) is 7.31. The summed E-state index contributed by atoms with van der Waals surface area (Å²) < 4.78 is 22.7. The molecule has 0 N–H and O–H groups in total. The van der Waals surface area contributed by atoms with E-state index in [1.165, 1.54) is 37.5 Å². The van der Waals surface area contributed by atoms with Gasteiger partial charge in [0.25, 0.3) is 0 Å². The van der Waals surface area contributed by atoms with E-state index in [2.05, 4.69) is 6.92 Å². The highest BCUT2D eigenvalue weighted by atomic mass is 32.2. The van der Waals surface area contributed by atoms with Crippen molar-refractivity contribution < 1.29 is 8.42 Å². The Morgan fingerprint density at radius 3 is 2.00 bits per heavy atom. The summed E-state index contributed by atoms with van der Waals surface area (Å²) in [7, 11) is -3.06. The van der Waals surface area contributed by atoms with Gasteiger partial charge >= 0.3 is 0 Å². The maximum atomic E-state index is 11.4. The van der Waals surface area contributed by atoms with Crippen molar-refractivity contribution >= 4 is 9.84 Å². The highest BCUT2D eigenvalue weighted by Crippen LogP contribution is 2.35. The van der Waals surface area contributed by atoms with Crippen molar-refractivity contribution in [2.45, 2.75) is 43.4 Å². The van der Waals surface area contributed by atoms with Crippen LogP contribution >= 0.6 is 0 Å². The van der Waals surface area contributed by atoms with E-state index in [9.17, 15) is 8.42 Å². The lowest BCUT2D eigenvalue weighted by molar-refractivity contribution is 0.348. The molecule has 0 atom stereocenters. The highest BCUT2D eigenvalue weighted by molar-refractivity contribution is 7.90. The van der Waals surface area contributed by atoms with Gasteiger partial charge < -0.3 is 0 Å². The summed E-state index contributed by atoms with van der Waals surface area (Å²) in [5, 5.41) is 0. The number of hydrogen-bond donors (Lipinski definition) is 0. The van der Waals surface area contributed by atoms with Crippen LogP contribution in [0.25, 0.3) is 0 Å². The van der Waals surface area contributed by atoms with E-state index in [1.807, 2.05) is 12.1 Å². The fourth-order valence-corrected chi connectivity index (χ4v) is 3.21. The molecular formula is C14H20O2S. The van der Waals surface area contributed by atoms with E-state index < -0.39 is 9.84 Å². The largest absolute Gasteiger partial charge is 0.224 e. The Morgan fingerprint density at radius 2 is 1.53 bits per heavy atom. The molecule has 0 aromatic heterocycles. The molecule has 0 radical (unpaired) electrons. The highest BCUT2D eigenvalue weighted by Gasteiger charge is 2.19. The second-order valence-electron chi connectivity index (χ2n) is 5.30. The van der Waals surface area contributed by atoms with Gasteiger partial charge in [-0.3, -0.25) is 0 Å². The molecule has 1 fully saturated rings. The maximum Gasteiger partial charge on any atom is 0.175 e. The quantitative estimate of drug-likeness (QED) is 0.808. The van der Waals surface area contributed by atoms with E-state index in [1.54, 1.807) is 12.1 Å². The molecule has 1 aromatic carbocycles. The molecule has 0 heterocycles. The van der Waals surface area contributed by atoms with Crippen LogP contribution < -0.4 is 0 Å². The molecule has 0 amide bonds. The number of rotatable bonds is 2. The first-order valence-corrected chi connectivity index (χ1v) is 8.16. The predicted molar refractivity (Wildman–Crippen MR) is 69.9 cm³/mol. The normalized spacial score (nSPS) is 25.8. The van der Waals surface area contributed by atoms with Gasteiger partial charge in [0.2, 0.25) is 0 Å². The van der Waals surface area contributed by atoms with E-state index >= 15 is 0 Å². The van der Waals surface area contributed by atoms with Crippen LogP contribution in [0.15, 0.2) is 29.2 Å². The van der Waals surface area contributed by atoms with Gasteiger partial charge in [-0.15, -0.1) is 0 Å². The molecule has 1 aliphatic carbocycles. The van der Waals surface area contributed by atoms with Crippen molar-refractivity contribution in [2.24, 2.45) is 5.92 Å². The number of sulfone groups is 1. The fourth-order valence-electron chi connectivity index (χ4n) is 2.58. The molecule has 1 saturated carbocycles. The van der Waals surface area contributed by atoms with Gasteiger partial charge in [-0.25, -0.2) is 8.42 Å². The Bertz CT molecular complexity index is 465. The lowest BCUT2D eigenvalue weighted by Gasteiger charge is -2.26. The Kier molecular flexibility index (Phi) is 3.57. The van der Waals surface area contributed by atoms with Gasteiger partial charge in [0.1, 0.15) is 0 Å². The van der Waals surface area contributed by atoms with Crippen molar-refractivity contribution in [1.29, 1.82) is 0 Å². The van der Waals surface area contributed by atoms with Crippen LogP contribution in [0, 0.1) is 5.92 Å². The zero-order chi connectivity index (χ0) is 12.5. The van der Waals surface area contributed by atoms with Crippen molar-refractivity contribution in [3.63, 3.8) is 0 Å². The lowest BCUT2D eigenvalue weighted by Crippen LogP contribution is -2.10. The Morgan fingerprint density at radius 1 is 1.00 bits per heavy atom. The molecule has 0 unspecified atom stereocenters. The molecule has 94 valence electrons. The molecule has 17 heavy (non-hydrogen) atoms. The molecule has 0 aliphatic heterocycles. The Labute approximate surface area is 104 Å². The molecule has 2 rings (SSSR count). The zero-order valence-electron chi connectivity index (χ0n) is 10.5. The smallest absolute Gasteiger partial charge is 0.175 e. The van der Waals surface area contributed by atoms with Crippen LogP contribution in [0.2, 0.25) is 0 Å². The first kappa shape index (κ1) is 12.6. The van der Waals surface area contributed by atoms with E-state index in [0.717, 1.165) is 5.92 Å². The average Bonchev–Trinajstić information content (AvgIpc) is 2.29. The van der Waals surface area contributed by atoms with Crippen LogP contribution in [0.1, 0.15) is 44.1 Å². The number of benzene rings is 1. The van der Waals surface area contributed by atoms with Crippen LogP contribution in [-0.2, 0) is 9.84 Å². The second kappa shape index (κ2) is 4.81. The van der Waals surface area contributed by atoms with Crippen molar-refractivity contribution in [2.75, 3.05) is 6.26 Å². The third-order valence-corrected chi connectivity index (χ3v) is 4.92. The summed E-state index contributed by atoms with van der Waals surface area (Å²) in [6.45, 7) is 2.31. The van der Waals surface area contributed by atoms with Gasteiger partial charge in [0.05, 0.1) is 4.90 Å². The van der Waals surface area contributed by atoms with Gasteiger partial charge in [-0.2, -0.15) is 0 Å². The first-order valence-electron chi connectivity index (χ1n) is 6.27. The van der Waals surface area contributed by atoms with Gasteiger partial charge in [0.15, 0.2) is 9.84 Å². The SMILES string of the molecule is CC1CCC(c2ccc(S(C)(=O)=O)cc2)CC1. The third-order valence-electron chi connectivity index (χ3n) is 3.80. The van der Waals surface area contributed by atoms with Gasteiger partial charge in [0, 0.05) is 6.26 Å². The van der Waals surface area contributed by atoms with E-state index in [4.69, 9.17) is 0 Å². The molecule has 0 bridgehead atoms. The van der Waals surface area contributed by atoms with Crippen molar-refractivity contribution in [1.82, 2.24) is 0 Å². The summed E-state index contributed by atoms with van der Waals surface area (Å²) in [5.74, 6) is 1.47. The lowest BCUT2D eigenvalue weighted by atomic mass is 9.79. The molecule has 3 heteroatoms.